The second kappa shape index (κ2) is 10.3. The van der Waals surface area contributed by atoms with Crippen molar-refractivity contribution in [2.45, 2.75) is 13.5 Å². The molecule has 0 aliphatic carbocycles. The van der Waals surface area contributed by atoms with Crippen molar-refractivity contribution in [3.63, 3.8) is 0 Å². The Morgan fingerprint density at radius 2 is 1.83 bits per heavy atom. The van der Waals surface area contributed by atoms with Crippen molar-refractivity contribution >= 4 is 23.7 Å². The number of benzene rings is 3. The summed E-state index contributed by atoms with van der Waals surface area (Å²) < 4.78 is 11.6. The molecule has 0 radical (unpaired) electrons. The molecule has 0 fully saturated rings. The Morgan fingerprint density at radius 3 is 2.59 bits per heavy atom. The number of nitrogens with zero attached hydrogens (tertiary/aromatic N) is 1. The van der Waals surface area contributed by atoms with Crippen molar-refractivity contribution in [2.24, 2.45) is 5.10 Å². The number of hydrogen-bond acceptors (Lipinski definition) is 4. The molecule has 3 aromatic carbocycles. The summed E-state index contributed by atoms with van der Waals surface area (Å²) in [6.07, 6.45) is 1.56. The van der Waals surface area contributed by atoms with Gasteiger partial charge >= 0.3 is 0 Å². The van der Waals surface area contributed by atoms with Gasteiger partial charge in [-0.15, -0.1) is 0 Å². The number of ether oxygens (including phenoxy) is 2. The standard InChI is InChI=1S/C23H21ClN2O3/c1-2-28-22-14-17(15-25-26-23(27)19-8-4-3-5-9-19)11-12-21(22)29-16-18-7-6-10-20(24)13-18/h3-15H,2,16H2,1H3,(H,26,27)/b25-15+. The van der Waals surface area contributed by atoms with Crippen LogP contribution in [-0.2, 0) is 6.61 Å². The second-order valence-electron chi connectivity index (χ2n) is 6.12. The zero-order chi connectivity index (χ0) is 20.5. The average Bonchev–Trinajstić information content (AvgIpc) is 2.74. The number of rotatable bonds is 8. The van der Waals surface area contributed by atoms with Gasteiger partial charge in [-0.2, -0.15) is 5.10 Å². The maximum absolute atomic E-state index is 12.0. The molecule has 0 aromatic heterocycles. The Hall–Kier alpha value is -3.31. The van der Waals surface area contributed by atoms with Crippen molar-refractivity contribution in [2.75, 3.05) is 6.61 Å². The van der Waals surface area contributed by atoms with Crippen LogP contribution in [0.4, 0.5) is 0 Å². The highest BCUT2D eigenvalue weighted by Gasteiger charge is 2.07. The highest BCUT2D eigenvalue weighted by Crippen LogP contribution is 2.29. The van der Waals surface area contributed by atoms with Crippen molar-refractivity contribution < 1.29 is 14.3 Å². The van der Waals surface area contributed by atoms with Crippen LogP contribution in [0.15, 0.2) is 77.9 Å². The van der Waals surface area contributed by atoms with E-state index in [1.807, 2.05) is 55.5 Å². The number of nitrogens with one attached hydrogen (secondary N) is 1. The maximum atomic E-state index is 12.0. The van der Waals surface area contributed by atoms with Crippen LogP contribution in [0.3, 0.4) is 0 Å². The van der Waals surface area contributed by atoms with Gasteiger partial charge in [0.15, 0.2) is 11.5 Å². The van der Waals surface area contributed by atoms with E-state index in [1.165, 1.54) is 0 Å². The molecule has 1 N–H and O–H groups in total. The topological polar surface area (TPSA) is 59.9 Å². The van der Waals surface area contributed by atoms with E-state index in [1.54, 1.807) is 30.5 Å². The minimum Gasteiger partial charge on any atom is -0.490 e. The Kier molecular flexibility index (Phi) is 7.25. The van der Waals surface area contributed by atoms with Gasteiger partial charge in [0.05, 0.1) is 12.8 Å². The molecule has 0 saturated heterocycles. The molecule has 0 spiro atoms. The summed E-state index contributed by atoms with van der Waals surface area (Å²) in [4.78, 5) is 12.0. The SMILES string of the molecule is CCOc1cc(/C=N/NC(=O)c2ccccc2)ccc1OCc1cccc(Cl)c1. The van der Waals surface area contributed by atoms with Crippen LogP contribution >= 0.6 is 11.6 Å². The van der Waals surface area contributed by atoms with Crippen LogP contribution in [0.2, 0.25) is 5.02 Å². The lowest BCUT2D eigenvalue weighted by Crippen LogP contribution is -2.17. The fraction of sp³-hybridized carbons (Fsp3) is 0.130. The van der Waals surface area contributed by atoms with Crippen LogP contribution < -0.4 is 14.9 Å². The van der Waals surface area contributed by atoms with Gasteiger partial charge in [0.2, 0.25) is 0 Å². The number of carbonyl (C=O) groups is 1. The minimum absolute atomic E-state index is 0.270. The monoisotopic (exact) mass is 408 g/mol. The predicted molar refractivity (Wildman–Crippen MR) is 115 cm³/mol. The summed E-state index contributed by atoms with van der Waals surface area (Å²) in [7, 11) is 0. The molecule has 1 amide bonds. The first kappa shape index (κ1) is 20.4. The molecule has 0 aliphatic rings. The molecule has 0 atom stereocenters. The third kappa shape index (κ3) is 6.09. The normalized spacial score (nSPS) is 10.7. The summed E-state index contributed by atoms with van der Waals surface area (Å²) in [5, 5.41) is 4.68. The highest BCUT2D eigenvalue weighted by molar-refractivity contribution is 6.30. The van der Waals surface area contributed by atoms with Crippen LogP contribution in [0, 0.1) is 0 Å². The van der Waals surface area contributed by atoms with Gasteiger partial charge in [-0.3, -0.25) is 4.79 Å². The van der Waals surface area contributed by atoms with Gasteiger partial charge in [-0.05, 0) is 60.5 Å². The van der Waals surface area contributed by atoms with Crippen molar-refractivity contribution in [1.29, 1.82) is 0 Å². The predicted octanol–water partition coefficient (Wildman–Crippen LogP) is 5.08. The molecule has 3 rings (SSSR count). The Morgan fingerprint density at radius 1 is 1.00 bits per heavy atom. The lowest BCUT2D eigenvalue weighted by molar-refractivity contribution is 0.0955. The second-order valence-corrected chi connectivity index (χ2v) is 6.56. The van der Waals surface area contributed by atoms with Crippen LogP contribution in [0.1, 0.15) is 28.4 Å². The van der Waals surface area contributed by atoms with Gasteiger partial charge in [0.25, 0.3) is 5.91 Å². The third-order valence-electron chi connectivity index (χ3n) is 3.97. The zero-order valence-corrected chi connectivity index (χ0v) is 16.7. The molecule has 0 unspecified atom stereocenters. The molecule has 29 heavy (non-hydrogen) atoms. The maximum Gasteiger partial charge on any atom is 0.271 e. The molecule has 6 heteroatoms. The fourth-order valence-electron chi connectivity index (χ4n) is 2.60. The molecule has 148 valence electrons. The van der Waals surface area contributed by atoms with E-state index in [4.69, 9.17) is 21.1 Å². The van der Waals surface area contributed by atoms with E-state index >= 15 is 0 Å². The van der Waals surface area contributed by atoms with Crippen molar-refractivity contribution in [3.05, 3.63) is 94.5 Å². The third-order valence-corrected chi connectivity index (χ3v) is 4.20. The summed E-state index contributed by atoms with van der Waals surface area (Å²) in [5.74, 6) is 0.957. The molecule has 0 bridgehead atoms. The lowest BCUT2D eigenvalue weighted by atomic mass is 10.2. The van der Waals surface area contributed by atoms with Crippen LogP contribution in [0.25, 0.3) is 0 Å². The summed E-state index contributed by atoms with van der Waals surface area (Å²) in [6.45, 7) is 2.78. The number of halogens is 1. The van der Waals surface area contributed by atoms with Crippen molar-refractivity contribution in [1.82, 2.24) is 5.43 Å². The van der Waals surface area contributed by atoms with Gasteiger partial charge < -0.3 is 9.47 Å². The first-order valence-electron chi connectivity index (χ1n) is 9.18. The van der Waals surface area contributed by atoms with Gasteiger partial charge in [-0.1, -0.05) is 41.9 Å². The lowest BCUT2D eigenvalue weighted by Gasteiger charge is -2.12. The smallest absolute Gasteiger partial charge is 0.271 e. The van der Waals surface area contributed by atoms with E-state index in [2.05, 4.69) is 10.5 Å². The molecule has 0 saturated carbocycles. The number of amides is 1. The molecule has 0 aliphatic heterocycles. The Bertz CT molecular complexity index is 990. The van der Waals surface area contributed by atoms with Gasteiger partial charge in [0.1, 0.15) is 6.61 Å². The van der Waals surface area contributed by atoms with Crippen LogP contribution in [0.5, 0.6) is 11.5 Å². The first-order valence-corrected chi connectivity index (χ1v) is 9.56. The van der Waals surface area contributed by atoms with Crippen LogP contribution in [-0.4, -0.2) is 18.7 Å². The van der Waals surface area contributed by atoms with E-state index in [0.29, 0.717) is 35.3 Å². The number of hydrazone groups is 1. The Labute approximate surface area is 174 Å². The molecular weight excluding hydrogens is 388 g/mol. The quantitative estimate of drug-likeness (QED) is 0.417. The molecule has 0 heterocycles. The molecule has 5 nitrogen and oxygen atoms in total. The van der Waals surface area contributed by atoms with E-state index in [0.717, 1.165) is 11.1 Å². The summed E-state index contributed by atoms with van der Waals surface area (Å²) in [6, 6.07) is 21.9. The first-order chi connectivity index (χ1) is 14.2. The molecule has 3 aromatic rings. The fourth-order valence-corrected chi connectivity index (χ4v) is 2.81. The van der Waals surface area contributed by atoms with Gasteiger partial charge in [0, 0.05) is 10.6 Å². The van der Waals surface area contributed by atoms with E-state index < -0.39 is 0 Å². The summed E-state index contributed by atoms with van der Waals surface area (Å²) in [5.41, 5.74) is 4.80. The van der Waals surface area contributed by atoms with E-state index in [-0.39, 0.29) is 5.91 Å². The molecular formula is C23H21ClN2O3. The van der Waals surface area contributed by atoms with E-state index in [9.17, 15) is 4.79 Å². The Balaban J connectivity index is 1.66. The van der Waals surface area contributed by atoms with Gasteiger partial charge in [-0.25, -0.2) is 5.43 Å². The summed E-state index contributed by atoms with van der Waals surface area (Å²) >= 11 is 6.01. The highest BCUT2D eigenvalue weighted by atomic mass is 35.5. The number of hydrogen-bond donors (Lipinski definition) is 1. The average molecular weight is 409 g/mol. The number of carbonyl (C=O) groups excluding carboxylic acids is 1. The van der Waals surface area contributed by atoms with Crippen molar-refractivity contribution in [3.8, 4) is 11.5 Å². The zero-order valence-electron chi connectivity index (χ0n) is 16.0. The minimum atomic E-state index is -0.270. The largest absolute Gasteiger partial charge is 0.490 e.